The second-order valence-corrected chi connectivity index (χ2v) is 6.59. The molecule has 1 aromatic carbocycles. The lowest BCUT2D eigenvalue weighted by atomic mass is 10.1. The zero-order chi connectivity index (χ0) is 17.6. The summed E-state index contributed by atoms with van der Waals surface area (Å²) in [6, 6.07) is 9.73. The highest BCUT2D eigenvalue weighted by Crippen LogP contribution is 2.22. The molecule has 0 aliphatic carbocycles. The summed E-state index contributed by atoms with van der Waals surface area (Å²) in [5.41, 5.74) is 3.42. The van der Waals surface area contributed by atoms with E-state index in [9.17, 15) is 4.79 Å². The van der Waals surface area contributed by atoms with Crippen molar-refractivity contribution < 1.29 is 4.79 Å². The van der Waals surface area contributed by atoms with Crippen molar-refractivity contribution >= 4 is 17.4 Å². The number of rotatable bonds is 4. The van der Waals surface area contributed by atoms with E-state index in [1.165, 1.54) is 25.7 Å². The van der Waals surface area contributed by atoms with Crippen LogP contribution in [0, 0.1) is 6.92 Å². The second kappa shape index (κ2) is 8.10. The monoisotopic (exact) mass is 338 g/mol. The van der Waals surface area contributed by atoms with Crippen LogP contribution < -0.4 is 10.2 Å². The molecule has 2 aromatic rings. The Morgan fingerprint density at radius 1 is 1.08 bits per heavy atom. The smallest absolute Gasteiger partial charge is 0.276 e. The van der Waals surface area contributed by atoms with Gasteiger partial charge in [0, 0.05) is 18.8 Å². The molecular weight excluding hydrogens is 312 g/mol. The summed E-state index contributed by atoms with van der Waals surface area (Å²) in [7, 11) is 0. The first-order valence-electron chi connectivity index (χ1n) is 9.17. The van der Waals surface area contributed by atoms with E-state index in [0.717, 1.165) is 42.1 Å². The number of carbonyl (C=O) groups excluding carboxylic acids is 1. The first kappa shape index (κ1) is 17.4. The summed E-state index contributed by atoms with van der Waals surface area (Å²) in [4.78, 5) is 14.8. The predicted molar refractivity (Wildman–Crippen MR) is 101 cm³/mol. The van der Waals surface area contributed by atoms with Gasteiger partial charge in [-0.05, 0) is 49.4 Å². The highest BCUT2D eigenvalue weighted by atomic mass is 16.1. The molecule has 0 atom stereocenters. The average Bonchev–Trinajstić information content (AvgIpc) is 2.93. The Hall–Kier alpha value is -2.43. The number of carbonyl (C=O) groups is 1. The summed E-state index contributed by atoms with van der Waals surface area (Å²) < 4.78 is 0. The summed E-state index contributed by atoms with van der Waals surface area (Å²) in [5, 5.41) is 11.4. The zero-order valence-corrected chi connectivity index (χ0v) is 15.1. The average molecular weight is 338 g/mol. The molecule has 0 unspecified atom stereocenters. The standard InChI is InChI=1S/C20H26N4O/c1-3-16-10-8-9-15(2)19(16)21-20(25)17-11-12-18(23-22-17)24-13-6-4-5-7-14-24/h8-12H,3-7,13-14H2,1-2H3,(H,21,25). The molecule has 5 heteroatoms. The fraction of sp³-hybridized carbons (Fsp3) is 0.450. The molecule has 1 aromatic heterocycles. The minimum atomic E-state index is -0.209. The lowest BCUT2D eigenvalue weighted by molar-refractivity contribution is 0.102. The molecule has 1 N–H and O–H groups in total. The minimum Gasteiger partial charge on any atom is -0.355 e. The number of nitrogens with zero attached hydrogens (tertiary/aromatic N) is 3. The number of para-hydroxylation sites is 1. The molecule has 1 amide bonds. The van der Waals surface area contributed by atoms with E-state index in [0.29, 0.717) is 5.69 Å². The summed E-state index contributed by atoms with van der Waals surface area (Å²) in [6.45, 7) is 6.12. The molecule has 132 valence electrons. The number of benzene rings is 1. The van der Waals surface area contributed by atoms with Gasteiger partial charge in [-0.3, -0.25) is 4.79 Å². The van der Waals surface area contributed by atoms with Gasteiger partial charge in [0.25, 0.3) is 5.91 Å². The number of hydrogen-bond acceptors (Lipinski definition) is 4. The van der Waals surface area contributed by atoms with Gasteiger partial charge in [0.1, 0.15) is 0 Å². The van der Waals surface area contributed by atoms with Crippen molar-refractivity contribution in [1.82, 2.24) is 10.2 Å². The number of hydrogen-bond donors (Lipinski definition) is 1. The first-order chi connectivity index (χ1) is 12.2. The van der Waals surface area contributed by atoms with Crippen molar-refractivity contribution in [2.45, 2.75) is 46.0 Å². The number of amides is 1. The van der Waals surface area contributed by atoms with Crippen LogP contribution in [0.3, 0.4) is 0 Å². The first-order valence-corrected chi connectivity index (χ1v) is 9.17. The van der Waals surface area contributed by atoms with E-state index >= 15 is 0 Å². The molecule has 25 heavy (non-hydrogen) atoms. The van der Waals surface area contributed by atoms with E-state index < -0.39 is 0 Å². The van der Waals surface area contributed by atoms with Gasteiger partial charge in [-0.15, -0.1) is 10.2 Å². The van der Waals surface area contributed by atoms with E-state index in [1.54, 1.807) is 6.07 Å². The van der Waals surface area contributed by atoms with Crippen molar-refractivity contribution in [3.05, 3.63) is 47.2 Å². The van der Waals surface area contributed by atoms with Crippen LogP contribution in [0.4, 0.5) is 11.5 Å². The third kappa shape index (κ3) is 4.16. The number of aryl methyl sites for hydroxylation is 2. The van der Waals surface area contributed by atoms with Crippen LogP contribution in [0.15, 0.2) is 30.3 Å². The topological polar surface area (TPSA) is 58.1 Å². The van der Waals surface area contributed by atoms with Crippen molar-refractivity contribution in [3.63, 3.8) is 0 Å². The Kier molecular flexibility index (Phi) is 5.64. The van der Waals surface area contributed by atoms with Gasteiger partial charge in [0.15, 0.2) is 11.5 Å². The highest BCUT2D eigenvalue weighted by molar-refractivity contribution is 6.03. The number of nitrogens with one attached hydrogen (secondary N) is 1. The van der Waals surface area contributed by atoms with Crippen molar-refractivity contribution in [2.75, 3.05) is 23.3 Å². The molecule has 0 bridgehead atoms. The van der Waals surface area contributed by atoms with Crippen LogP contribution in [0.1, 0.15) is 54.2 Å². The van der Waals surface area contributed by atoms with E-state index in [2.05, 4.69) is 27.3 Å². The summed E-state index contributed by atoms with van der Waals surface area (Å²) >= 11 is 0. The van der Waals surface area contributed by atoms with Gasteiger partial charge in [0.2, 0.25) is 0 Å². The molecule has 0 radical (unpaired) electrons. The molecular formula is C20H26N4O. The van der Waals surface area contributed by atoms with E-state index in [4.69, 9.17) is 0 Å². The van der Waals surface area contributed by atoms with Gasteiger partial charge >= 0.3 is 0 Å². The second-order valence-electron chi connectivity index (χ2n) is 6.59. The SMILES string of the molecule is CCc1cccc(C)c1NC(=O)c1ccc(N2CCCCCC2)nn1. The number of aromatic nitrogens is 2. The van der Waals surface area contributed by atoms with Gasteiger partial charge in [-0.2, -0.15) is 0 Å². The summed E-state index contributed by atoms with van der Waals surface area (Å²) in [5.74, 6) is 0.655. The maximum atomic E-state index is 12.5. The van der Waals surface area contributed by atoms with Crippen molar-refractivity contribution in [3.8, 4) is 0 Å². The van der Waals surface area contributed by atoms with Gasteiger partial charge < -0.3 is 10.2 Å². The lowest BCUT2D eigenvalue weighted by Gasteiger charge is -2.20. The quantitative estimate of drug-likeness (QED) is 0.916. The van der Waals surface area contributed by atoms with Crippen LogP contribution >= 0.6 is 0 Å². The molecule has 3 rings (SSSR count). The lowest BCUT2D eigenvalue weighted by Crippen LogP contribution is -2.25. The molecule has 1 aliphatic rings. The molecule has 5 nitrogen and oxygen atoms in total. The van der Waals surface area contributed by atoms with Gasteiger partial charge in [-0.25, -0.2) is 0 Å². The molecule has 0 saturated carbocycles. The summed E-state index contributed by atoms with van der Waals surface area (Å²) in [6.07, 6.45) is 5.81. The van der Waals surface area contributed by atoms with E-state index in [-0.39, 0.29) is 5.91 Å². The maximum Gasteiger partial charge on any atom is 0.276 e. The Bertz CT molecular complexity index is 719. The molecule has 1 fully saturated rings. The molecule has 0 spiro atoms. The highest BCUT2D eigenvalue weighted by Gasteiger charge is 2.15. The van der Waals surface area contributed by atoms with Crippen molar-refractivity contribution in [2.24, 2.45) is 0 Å². The van der Waals surface area contributed by atoms with E-state index in [1.807, 2.05) is 31.2 Å². The van der Waals surface area contributed by atoms with Gasteiger partial charge in [0.05, 0.1) is 0 Å². The van der Waals surface area contributed by atoms with Gasteiger partial charge in [-0.1, -0.05) is 38.0 Å². The minimum absolute atomic E-state index is 0.209. The zero-order valence-electron chi connectivity index (χ0n) is 15.1. The molecule has 1 saturated heterocycles. The van der Waals surface area contributed by atoms with Crippen LogP contribution in [-0.2, 0) is 6.42 Å². The molecule has 2 heterocycles. The predicted octanol–water partition coefficient (Wildman–Crippen LogP) is 3.98. The maximum absolute atomic E-state index is 12.5. The largest absolute Gasteiger partial charge is 0.355 e. The molecule has 1 aliphatic heterocycles. The Morgan fingerprint density at radius 3 is 2.48 bits per heavy atom. The normalized spacial score (nSPS) is 14.9. The third-order valence-corrected chi connectivity index (χ3v) is 4.79. The Morgan fingerprint density at radius 2 is 1.84 bits per heavy atom. The number of anilines is 2. The third-order valence-electron chi connectivity index (χ3n) is 4.79. The Balaban J connectivity index is 1.73. The van der Waals surface area contributed by atoms with Crippen LogP contribution in [0.5, 0.6) is 0 Å². The fourth-order valence-electron chi connectivity index (χ4n) is 3.29. The fourth-order valence-corrected chi connectivity index (χ4v) is 3.29. The van der Waals surface area contributed by atoms with Crippen LogP contribution in [-0.4, -0.2) is 29.2 Å². The van der Waals surface area contributed by atoms with Crippen molar-refractivity contribution in [1.29, 1.82) is 0 Å². The van der Waals surface area contributed by atoms with Crippen LogP contribution in [0.2, 0.25) is 0 Å². The van der Waals surface area contributed by atoms with Crippen LogP contribution in [0.25, 0.3) is 0 Å². The Labute approximate surface area is 149 Å².